The number of unbranched alkanes of at least 4 members (excludes halogenated alkanes) is 3. The molecule has 0 aromatic heterocycles. The Balaban J connectivity index is 1.47. The van der Waals surface area contributed by atoms with Crippen molar-refractivity contribution in [2.45, 2.75) is 138 Å². The molecule has 6 rings (SSSR count). The maximum absolute atomic E-state index is 12.4. The number of ether oxygens (including phenoxy) is 1. The molecule has 3 aromatic carbocycles. The summed E-state index contributed by atoms with van der Waals surface area (Å²) in [5.74, 6) is 0.351. The van der Waals surface area contributed by atoms with Crippen LogP contribution in [0.4, 0.5) is 11.4 Å². The first-order valence-electron chi connectivity index (χ1n) is 23.1. The molecule has 15 nitrogen and oxygen atoms in total. The Morgan fingerprint density at radius 1 is 0.696 bits per heavy atom. The van der Waals surface area contributed by atoms with E-state index in [4.69, 9.17) is 4.74 Å². The predicted molar refractivity (Wildman–Crippen MR) is 267 cm³/mol. The van der Waals surface area contributed by atoms with E-state index >= 15 is 0 Å². The number of hydrogen-bond donors (Lipinski definition) is 4. The predicted octanol–water partition coefficient (Wildman–Crippen LogP) is 10.1. The fourth-order valence-electron chi connectivity index (χ4n) is 9.40. The Labute approximate surface area is 408 Å². The summed E-state index contributed by atoms with van der Waals surface area (Å²) in [6.45, 7) is 15.6. The highest BCUT2D eigenvalue weighted by molar-refractivity contribution is 7.86. The Morgan fingerprint density at radius 2 is 1.30 bits per heavy atom. The summed E-state index contributed by atoms with van der Waals surface area (Å²) < 4.78 is 144. The standard InChI is InChI=1S/C50H64N2O13S4/c1-8-48(2,3)29-10-9-11-30-51-43-25-23-39(68(59,60)61)33-41(43)49(4,5)45(51)27-17-35-15-14-16-36(47(35)65-37-19-21-38(22-20-37)67(56,57)58)18-28-46-50(6,7)42-34-40(69(62,63)64)24-26-44(42)52(46)31-12-13-32-66(53,54)55/h17-28,33-34H,8-16,29-32H2,1-7H3,(H3-,53,54,55,56,57,58,59,60,61,62,63,64)/p+1. The van der Waals surface area contributed by atoms with Crippen LogP contribution in [0.5, 0.6) is 5.75 Å². The van der Waals surface area contributed by atoms with Gasteiger partial charge >= 0.3 is 0 Å². The molecule has 19 heteroatoms. The molecule has 0 unspecified atom stereocenters. The van der Waals surface area contributed by atoms with Crippen LogP contribution in [0.3, 0.4) is 0 Å². The zero-order valence-electron chi connectivity index (χ0n) is 40.3. The van der Waals surface area contributed by atoms with Gasteiger partial charge in [-0.1, -0.05) is 53.5 Å². The molecule has 0 saturated carbocycles. The molecule has 376 valence electrons. The number of anilines is 1. The van der Waals surface area contributed by atoms with Crippen LogP contribution in [-0.4, -0.2) is 81.0 Å². The Kier molecular flexibility index (Phi) is 15.9. The molecule has 0 atom stereocenters. The summed E-state index contributed by atoms with van der Waals surface area (Å²) in [7, 11) is -17.7. The molecule has 0 fully saturated rings. The zero-order valence-corrected chi connectivity index (χ0v) is 43.5. The molecule has 2 heterocycles. The quantitative estimate of drug-likeness (QED) is 0.0469. The number of nitrogens with zero attached hydrogens (tertiary/aromatic N) is 2. The molecule has 3 aromatic rings. The summed E-state index contributed by atoms with van der Waals surface area (Å²) >= 11 is 0. The van der Waals surface area contributed by atoms with Gasteiger partial charge in [0.25, 0.3) is 40.5 Å². The topological polar surface area (TPSA) is 233 Å². The number of benzene rings is 3. The van der Waals surface area contributed by atoms with Gasteiger partial charge in [-0.3, -0.25) is 18.2 Å². The third-order valence-corrected chi connectivity index (χ3v) is 17.1. The van der Waals surface area contributed by atoms with E-state index in [-0.39, 0.29) is 26.5 Å². The fourth-order valence-corrected chi connectivity index (χ4v) is 11.5. The van der Waals surface area contributed by atoms with Crippen molar-refractivity contribution in [3.8, 4) is 5.75 Å². The van der Waals surface area contributed by atoms with Gasteiger partial charge < -0.3 is 9.64 Å². The van der Waals surface area contributed by atoms with E-state index in [1.807, 2.05) is 56.9 Å². The smallest absolute Gasteiger partial charge is 0.294 e. The Morgan fingerprint density at radius 3 is 1.91 bits per heavy atom. The van der Waals surface area contributed by atoms with Crippen molar-refractivity contribution in [3.05, 3.63) is 119 Å². The highest BCUT2D eigenvalue weighted by Crippen LogP contribution is 2.49. The van der Waals surface area contributed by atoms with Gasteiger partial charge in [0, 0.05) is 47.5 Å². The van der Waals surface area contributed by atoms with Crippen molar-refractivity contribution in [1.29, 1.82) is 0 Å². The molecule has 0 spiro atoms. The van der Waals surface area contributed by atoms with E-state index in [1.165, 1.54) is 48.5 Å². The first-order chi connectivity index (χ1) is 31.9. The molecule has 2 aliphatic heterocycles. The monoisotopic (exact) mass is 1030 g/mol. The molecule has 0 radical (unpaired) electrons. The van der Waals surface area contributed by atoms with E-state index < -0.39 is 57.1 Å². The molecule has 4 N–H and O–H groups in total. The second-order valence-corrected chi connectivity index (χ2v) is 25.7. The van der Waals surface area contributed by atoms with Crippen LogP contribution in [0.2, 0.25) is 0 Å². The molecular formula is C50H65N2O13S4+. The molecule has 0 saturated heterocycles. The van der Waals surface area contributed by atoms with Crippen LogP contribution in [0.15, 0.2) is 122 Å². The number of hydrogen-bond acceptors (Lipinski definition) is 10. The molecular weight excluding hydrogens is 965 g/mol. The lowest BCUT2D eigenvalue weighted by molar-refractivity contribution is -0.438. The van der Waals surface area contributed by atoms with Crippen molar-refractivity contribution in [1.82, 2.24) is 0 Å². The molecule has 0 bridgehead atoms. The second kappa shape index (κ2) is 20.3. The Bertz CT molecular complexity index is 3090. The molecule has 0 amide bonds. The van der Waals surface area contributed by atoms with E-state index in [1.54, 1.807) is 12.1 Å². The van der Waals surface area contributed by atoms with Gasteiger partial charge in [-0.25, -0.2) is 0 Å². The van der Waals surface area contributed by atoms with E-state index in [2.05, 4.69) is 25.3 Å². The lowest BCUT2D eigenvalue weighted by atomic mass is 9.81. The summed E-state index contributed by atoms with van der Waals surface area (Å²) in [4.78, 5) is 1.19. The third-order valence-electron chi connectivity index (χ3n) is 13.8. The minimum absolute atomic E-state index is 0.159. The summed E-state index contributed by atoms with van der Waals surface area (Å²) in [5, 5.41) is 0. The van der Waals surface area contributed by atoms with Gasteiger partial charge in [0.1, 0.15) is 18.1 Å². The largest absolute Gasteiger partial charge is 0.457 e. The SMILES string of the molecule is CCC(C)(C)CCCCC[N+]1=C(/C=C/C2=C(Oc3ccc(S(=O)(=O)O)cc3)C(=C/C=C3/N(CCCCS(=O)(=O)O)c4ccc(S(=O)(=O)O)cc4C3(C)C)/CCC2)C(C)(C)c2cc(S(=O)(=O)O)ccc21. The van der Waals surface area contributed by atoms with Gasteiger partial charge in [-0.05, 0) is 148 Å². The van der Waals surface area contributed by atoms with Gasteiger partial charge in [-0.2, -0.15) is 38.2 Å². The van der Waals surface area contributed by atoms with Gasteiger partial charge in [0.15, 0.2) is 5.71 Å². The van der Waals surface area contributed by atoms with Crippen LogP contribution in [-0.2, 0) is 51.3 Å². The number of fused-ring (bicyclic) bond motifs is 2. The van der Waals surface area contributed by atoms with Crippen molar-refractivity contribution in [2.24, 2.45) is 5.41 Å². The minimum Gasteiger partial charge on any atom is -0.457 e. The highest BCUT2D eigenvalue weighted by Gasteiger charge is 2.45. The van der Waals surface area contributed by atoms with Gasteiger partial charge in [0.05, 0.1) is 25.9 Å². The van der Waals surface area contributed by atoms with Crippen molar-refractivity contribution < 1.29 is 61.2 Å². The second-order valence-electron chi connectivity index (χ2n) is 19.9. The van der Waals surface area contributed by atoms with Gasteiger partial charge in [-0.15, -0.1) is 0 Å². The van der Waals surface area contributed by atoms with Crippen LogP contribution in [0, 0.1) is 5.41 Å². The van der Waals surface area contributed by atoms with Gasteiger partial charge in [0.2, 0.25) is 5.69 Å². The molecule has 69 heavy (non-hydrogen) atoms. The van der Waals surface area contributed by atoms with Crippen molar-refractivity contribution in [3.63, 3.8) is 0 Å². The minimum atomic E-state index is -4.55. The van der Waals surface area contributed by atoms with Crippen molar-refractivity contribution >= 4 is 57.6 Å². The van der Waals surface area contributed by atoms with Crippen LogP contribution in [0.1, 0.15) is 124 Å². The summed E-state index contributed by atoms with van der Waals surface area (Å²) in [5.41, 5.74) is 4.80. The third kappa shape index (κ3) is 12.7. The Hall–Kier alpha value is -4.47. The summed E-state index contributed by atoms with van der Waals surface area (Å²) in [6, 6.07) is 14.4. The van der Waals surface area contributed by atoms with Crippen LogP contribution in [0.25, 0.3) is 0 Å². The van der Waals surface area contributed by atoms with Crippen molar-refractivity contribution in [2.75, 3.05) is 23.7 Å². The normalized spacial score (nSPS) is 18.7. The number of allylic oxidation sites excluding steroid dienone is 7. The molecule has 1 aliphatic carbocycles. The fraction of sp³-hybridized carbons (Fsp3) is 0.460. The number of rotatable bonds is 20. The average molecular weight is 1030 g/mol. The highest BCUT2D eigenvalue weighted by atomic mass is 32.2. The lowest BCUT2D eigenvalue weighted by Crippen LogP contribution is -2.28. The van der Waals surface area contributed by atoms with Crippen LogP contribution < -0.4 is 9.64 Å². The first kappa shape index (κ1) is 53.9. The maximum Gasteiger partial charge on any atom is 0.294 e. The first-order valence-corrected chi connectivity index (χ1v) is 29.1. The zero-order chi connectivity index (χ0) is 51.0. The summed E-state index contributed by atoms with van der Waals surface area (Å²) in [6.07, 6.45) is 15.3. The maximum atomic E-state index is 12.4. The van der Waals surface area contributed by atoms with Crippen LogP contribution >= 0.6 is 0 Å². The van der Waals surface area contributed by atoms with E-state index in [9.17, 15) is 51.9 Å². The average Bonchev–Trinajstić information content (AvgIpc) is 3.60. The van der Waals surface area contributed by atoms with E-state index in [0.717, 1.165) is 65.9 Å². The van der Waals surface area contributed by atoms with E-state index in [0.29, 0.717) is 61.5 Å². The lowest BCUT2D eigenvalue weighted by Gasteiger charge is -2.27. The molecule has 3 aliphatic rings.